The lowest BCUT2D eigenvalue weighted by atomic mass is 10.1. The first-order valence-electron chi connectivity index (χ1n) is 6.24. The minimum Gasteiger partial charge on any atom is -0.290 e. The molecule has 1 nitrogen and oxygen atoms in total. The quantitative estimate of drug-likeness (QED) is 0.734. The van der Waals surface area contributed by atoms with Gasteiger partial charge in [-0.05, 0) is 25.0 Å². The van der Waals surface area contributed by atoms with Crippen LogP contribution in [0, 0.1) is 0 Å². The number of hydrogen-bond acceptors (Lipinski definition) is 2. The Balaban J connectivity index is 2.55. The van der Waals surface area contributed by atoms with Crippen LogP contribution in [-0.2, 0) is 0 Å². The van der Waals surface area contributed by atoms with Crippen molar-refractivity contribution in [1.82, 2.24) is 0 Å². The molecule has 1 heterocycles. The Morgan fingerprint density at radius 2 is 1.84 bits per heavy atom. The summed E-state index contributed by atoms with van der Waals surface area (Å²) in [5.74, 6) is 0. The third-order valence-corrected chi connectivity index (χ3v) is 3.91. The second-order valence-electron chi connectivity index (χ2n) is 4.13. The van der Waals surface area contributed by atoms with Crippen molar-refractivity contribution in [3.8, 4) is 10.4 Å². The molecule has 0 spiro atoms. The summed E-state index contributed by atoms with van der Waals surface area (Å²) in [5.41, 5.74) is 2.22. The molecule has 0 saturated carbocycles. The van der Waals surface area contributed by atoms with Crippen molar-refractivity contribution in [1.29, 1.82) is 0 Å². The van der Waals surface area contributed by atoms with Crippen LogP contribution in [0.5, 0.6) is 0 Å². The second kappa shape index (κ2) is 6.30. The summed E-state index contributed by atoms with van der Waals surface area (Å²) in [6, 6.07) is 13.4. The molecule has 0 unspecified atom stereocenters. The fourth-order valence-corrected chi connectivity index (χ4v) is 3.01. The van der Waals surface area contributed by atoms with E-state index in [-0.39, 0.29) is 5.43 Å². The fraction of sp³-hybridized carbons (Fsp3) is 0.118. The molecule has 0 N–H and O–H groups in total. The molecule has 0 fully saturated rings. The van der Waals surface area contributed by atoms with Gasteiger partial charge in [0.15, 0.2) is 5.43 Å². The summed E-state index contributed by atoms with van der Waals surface area (Å²) in [6.45, 7) is 3.97. The van der Waals surface area contributed by atoms with Gasteiger partial charge in [0.2, 0.25) is 0 Å². The predicted molar refractivity (Wildman–Crippen MR) is 84.5 cm³/mol. The Morgan fingerprint density at radius 3 is 2.47 bits per heavy atom. The van der Waals surface area contributed by atoms with Gasteiger partial charge >= 0.3 is 0 Å². The monoisotopic (exact) mass is 268 g/mol. The molecule has 0 aliphatic rings. The maximum Gasteiger partial charge on any atom is 0.181 e. The minimum atomic E-state index is 0.0523. The van der Waals surface area contributed by atoms with Crippen LogP contribution in [-0.4, -0.2) is 0 Å². The highest BCUT2D eigenvalue weighted by molar-refractivity contribution is 7.16. The van der Waals surface area contributed by atoms with E-state index in [0.717, 1.165) is 20.9 Å². The molecule has 19 heavy (non-hydrogen) atoms. The van der Waals surface area contributed by atoms with Crippen LogP contribution >= 0.6 is 11.3 Å². The van der Waals surface area contributed by atoms with Gasteiger partial charge in [0.25, 0.3) is 0 Å². The van der Waals surface area contributed by atoms with Crippen LogP contribution in [0.4, 0.5) is 0 Å². The fourth-order valence-electron chi connectivity index (χ4n) is 1.86. The first-order chi connectivity index (χ1) is 9.24. The maximum absolute atomic E-state index is 11.9. The molecule has 1 aromatic heterocycles. The van der Waals surface area contributed by atoms with E-state index in [1.165, 1.54) is 0 Å². The van der Waals surface area contributed by atoms with E-state index in [0.29, 0.717) is 0 Å². The van der Waals surface area contributed by atoms with E-state index in [1.807, 2.05) is 62.4 Å². The Morgan fingerprint density at radius 1 is 1.11 bits per heavy atom. The number of hydrogen-bond donors (Lipinski definition) is 0. The first-order valence-corrected chi connectivity index (χ1v) is 7.06. The van der Waals surface area contributed by atoms with Gasteiger partial charge in [0.1, 0.15) is 0 Å². The lowest BCUT2D eigenvalue weighted by Crippen LogP contribution is -1.98. The molecule has 0 saturated heterocycles. The molecule has 0 bridgehead atoms. The van der Waals surface area contributed by atoms with Crippen molar-refractivity contribution in [3.63, 3.8) is 0 Å². The zero-order valence-electron chi connectivity index (χ0n) is 11.1. The lowest BCUT2D eigenvalue weighted by Gasteiger charge is -2.05. The Labute approximate surface area is 117 Å². The second-order valence-corrected chi connectivity index (χ2v) is 5.22. The summed E-state index contributed by atoms with van der Waals surface area (Å²) in [7, 11) is 0. The summed E-state index contributed by atoms with van der Waals surface area (Å²) in [5, 5.41) is 0. The molecular weight excluding hydrogens is 252 g/mol. The maximum atomic E-state index is 11.9. The molecule has 1 aromatic carbocycles. The van der Waals surface area contributed by atoms with Gasteiger partial charge in [-0.2, -0.15) is 0 Å². The van der Waals surface area contributed by atoms with Crippen molar-refractivity contribution in [2.75, 3.05) is 0 Å². The zero-order chi connectivity index (χ0) is 13.7. The normalized spacial score (nSPS) is 12.0. The Bertz CT molecular complexity index is 663. The molecule has 2 aromatic rings. The van der Waals surface area contributed by atoms with Crippen molar-refractivity contribution >= 4 is 16.9 Å². The van der Waals surface area contributed by atoms with Crippen LogP contribution < -0.4 is 5.43 Å². The van der Waals surface area contributed by atoms with E-state index < -0.39 is 0 Å². The van der Waals surface area contributed by atoms with Crippen LogP contribution in [0.1, 0.15) is 18.7 Å². The van der Waals surface area contributed by atoms with Crippen LogP contribution in [0.2, 0.25) is 0 Å². The van der Waals surface area contributed by atoms with Gasteiger partial charge in [-0.3, -0.25) is 4.79 Å². The van der Waals surface area contributed by atoms with Gasteiger partial charge in [0.05, 0.1) is 0 Å². The number of allylic oxidation sites excluding steroid dienone is 4. The third kappa shape index (κ3) is 3.30. The van der Waals surface area contributed by atoms with Gasteiger partial charge in [-0.15, -0.1) is 11.3 Å². The van der Waals surface area contributed by atoms with Crippen LogP contribution in [0.15, 0.2) is 65.5 Å². The van der Waals surface area contributed by atoms with E-state index in [9.17, 15) is 4.79 Å². The third-order valence-electron chi connectivity index (χ3n) is 2.77. The lowest BCUT2D eigenvalue weighted by molar-refractivity contribution is 1.59. The van der Waals surface area contributed by atoms with E-state index in [2.05, 4.69) is 0 Å². The number of benzene rings is 1. The van der Waals surface area contributed by atoms with Gasteiger partial charge in [0, 0.05) is 21.9 Å². The summed E-state index contributed by atoms with van der Waals surface area (Å²) in [6.07, 6.45) is 6.04. The Kier molecular flexibility index (Phi) is 4.48. The summed E-state index contributed by atoms with van der Waals surface area (Å²) >= 11 is 1.64. The van der Waals surface area contributed by atoms with E-state index >= 15 is 0 Å². The van der Waals surface area contributed by atoms with Crippen molar-refractivity contribution in [2.45, 2.75) is 13.8 Å². The molecule has 96 valence electrons. The van der Waals surface area contributed by atoms with Gasteiger partial charge < -0.3 is 0 Å². The molecule has 0 aliphatic carbocycles. The van der Waals surface area contributed by atoms with Crippen molar-refractivity contribution in [2.24, 2.45) is 0 Å². The zero-order valence-corrected chi connectivity index (χ0v) is 11.9. The van der Waals surface area contributed by atoms with Crippen molar-refractivity contribution in [3.05, 3.63) is 75.8 Å². The smallest absolute Gasteiger partial charge is 0.181 e. The highest BCUT2D eigenvalue weighted by atomic mass is 32.1. The number of rotatable bonds is 3. The van der Waals surface area contributed by atoms with E-state index in [1.54, 1.807) is 23.5 Å². The van der Waals surface area contributed by atoms with E-state index in [4.69, 9.17) is 0 Å². The van der Waals surface area contributed by atoms with Crippen molar-refractivity contribution < 1.29 is 0 Å². The average Bonchev–Trinajstić information content (AvgIpc) is 2.45. The summed E-state index contributed by atoms with van der Waals surface area (Å²) in [4.78, 5) is 13.9. The molecule has 0 radical (unpaired) electrons. The topological polar surface area (TPSA) is 17.1 Å². The van der Waals surface area contributed by atoms with Crippen LogP contribution in [0.3, 0.4) is 0 Å². The van der Waals surface area contributed by atoms with Gasteiger partial charge in [-0.1, -0.05) is 48.6 Å². The molecule has 0 amide bonds. The minimum absolute atomic E-state index is 0.0523. The van der Waals surface area contributed by atoms with Gasteiger partial charge in [-0.25, -0.2) is 0 Å². The average molecular weight is 268 g/mol. The molecule has 0 aliphatic heterocycles. The summed E-state index contributed by atoms with van der Waals surface area (Å²) < 4.78 is 0. The molecule has 2 heteroatoms. The Hall–Kier alpha value is -1.93. The van der Waals surface area contributed by atoms with Crippen LogP contribution in [0.25, 0.3) is 16.0 Å². The largest absolute Gasteiger partial charge is 0.290 e. The standard InChI is InChI=1S/C17H16OS/c1-3-8-13(4-2)16-11-15(18)12-17(19-16)14-9-6-5-7-10-14/h3-12H,1-2H3/b8-3-,13-4+. The first kappa shape index (κ1) is 13.5. The SMILES string of the molecule is C/C=C\C(=C/C)c1cc(=O)cc(-c2ccccc2)s1. The molecule has 0 atom stereocenters. The molecule has 2 rings (SSSR count). The highest BCUT2D eigenvalue weighted by Gasteiger charge is 2.04. The molecular formula is C17H16OS. The highest BCUT2D eigenvalue weighted by Crippen LogP contribution is 2.28. The predicted octanol–water partition coefficient (Wildman–Crippen LogP) is 4.75.